The van der Waals surface area contributed by atoms with Crippen molar-refractivity contribution >= 4 is 38.2 Å². The van der Waals surface area contributed by atoms with Crippen LogP contribution in [0, 0.1) is 0 Å². The molecule has 0 saturated carbocycles. The smallest absolute Gasteiger partial charge is 0.160 e. The number of benzene rings is 8. The highest BCUT2D eigenvalue weighted by atomic mass is 16.3. The van der Waals surface area contributed by atoms with Gasteiger partial charge >= 0.3 is 0 Å². The minimum absolute atomic E-state index is 0.660. The van der Waals surface area contributed by atoms with Crippen molar-refractivity contribution in [2.75, 3.05) is 0 Å². The summed E-state index contributed by atoms with van der Waals surface area (Å²) < 4.78 is 8.51. The molecule has 0 fully saturated rings. The van der Waals surface area contributed by atoms with Crippen LogP contribution in [0.4, 0.5) is 0 Å². The second-order valence-electron chi connectivity index (χ2n) is 15.6. The van der Waals surface area contributed by atoms with E-state index in [1.807, 2.05) is 30.3 Å². The second kappa shape index (κ2) is 14.7. The Kier molecular flexibility index (Phi) is 8.42. The van der Waals surface area contributed by atoms with E-state index in [4.69, 9.17) is 19.5 Å². The first-order chi connectivity index (χ1) is 30.7. The molecule has 62 heavy (non-hydrogen) atoms. The molecule has 12 aromatic rings. The number of nitrogens with zero attached hydrogens (tertiary/aromatic N) is 4. The number of rotatable bonds is 7. The summed E-state index contributed by atoms with van der Waals surface area (Å²) in [5.74, 6) is 0.660. The van der Waals surface area contributed by atoms with E-state index in [0.29, 0.717) is 5.82 Å². The summed E-state index contributed by atoms with van der Waals surface area (Å²) in [7, 11) is 0. The Labute approximate surface area is 357 Å². The third kappa shape index (κ3) is 6.06. The predicted molar refractivity (Wildman–Crippen MR) is 254 cm³/mol. The van der Waals surface area contributed by atoms with Crippen LogP contribution in [-0.4, -0.2) is 19.6 Å². The lowest BCUT2D eigenvalue weighted by molar-refractivity contribution is 0.670. The van der Waals surface area contributed by atoms with E-state index in [-0.39, 0.29) is 0 Å². The number of pyridine rings is 1. The van der Waals surface area contributed by atoms with Gasteiger partial charge in [0.15, 0.2) is 5.82 Å². The van der Waals surface area contributed by atoms with Gasteiger partial charge in [-0.15, -0.1) is 0 Å². The molecule has 5 nitrogen and oxygen atoms in total. The zero-order valence-corrected chi connectivity index (χ0v) is 33.5. The molecule has 0 unspecified atom stereocenters. The van der Waals surface area contributed by atoms with Crippen LogP contribution in [0.5, 0.6) is 0 Å². The quantitative estimate of drug-likeness (QED) is 0.161. The van der Waals surface area contributed by atoms with E-state index in [1.54, 1.807) is 0 Å². The lowest BCUT2D eigenvalue weighted by Gasteiger charge is -2.12. The topological polar surface area (TPSA) is 56.2 Å². The highest BCUT2D eigenvalue weighted by Crippen LogP contribution is 2.42. The van der Waals surface area contributed by atoms with Gasteiger partial charge in [0, 0.05) is 55.1 Å². The van der Waals surface area contributed by atoms with Gasteiger partial charge in [-0.1, -0.05) is 200 Å². The van der Waals surface area contributed by atoms with Crippen molar-refractivity contribution in [2.24, 2.45) is 0 Å². The van der Waals surface area contributed by atoms with Crippen molar-refractivity contribution in [1.29, 1.82) is 0 Å². The molecule has 4 heterocycles. The molecule has 0 atom stereocenters. The summed E-state index contributed by atoms with van der Waals surface area (Å²) in [4.78, 5) is 10.4. The molecule has 12 rings (SSSR count). The number of fused-ring (bicyclic) bond motifs is 6. The van der Waals surface area contributed by atoms with E-state index >= 15 is 0 Å². The normalized spacial score (nSPS) is 11.5. The lowest BCUT2D eigenvalue weighted by Crippen LogP contribution is -1.96. The first-order valence-electron chi connectivity index (χ1n) is 20.9. The molecule has 0 bridgehead atoms. The summed E-state index contributed by atoms with van der Waals surface area (Å²) in [6.07, 6.45) is 0. The van der Waals surface area contributed by atoms with E-state index in [9.17, 15) is 0 Å². The molecule has 0 amide bonds. The van der Waals surface area contributed by atoms with Crippen LogP contribution >= 0.6 is 0 Å². The Balaban J connectivity index is 0.983. The predicted octanol–water partition coefficient (Wildman–Crippen LogP) is 14.8. The molecule has 4 aromatic heterocycles. The van der Waals surface area contributed by atoms with Crippen LogP contribution in [0.3, 0.4) is 0 Å². The maximum Gasteiger partial charge on any atom is 0.160 e. The number of aromatic nitrogens is 4. The Morgan fingerprint density at radius 1 is 0.387 bits per heavy atom. The van der Waals surface area contributed by atoms with Crippen LogP contribution in [0.2, 0.25) is 0 Å². The minimum atomic E-state index is 0.660. The van der Waals surface area contributed by atoms with Crippen molar-refractivity contribution in [3.05, 3.63) is 218 Å². The van der Waals surface area contributed by atoms with E-state index in [2.05, 4.69) is 193 Å². The molecular weight excluding hydrogens is 757 g/mol. The summed E-state index contributed by atoms with van der Waals surface area (Å²) in [5.41, 5.74) is 15.9. The van der Waals surface area contributed by atoms with Crippen molar-refractivity contribution in [2.45, 2.75) is 0 Å². The van der Waals surface area contributed by atoms with Crippen LogP contribution < -0.4 is 0 Å². The molecule has 290 valence electrons. The number of para-hydroxylation sites is 2. The van der Waals surface area contributed by atoms with E-state index in [1.165, 1.54) is 0 Å². The summed E-state index contributed by atoms with van der Waals surface area (Å²) >= 11 is 0. The molecule has 8 aromatic carbocycles. The van der Waals surface area contributed by atoms with Gasteiger partial charge in [-0.25, -0.2) is 14.5 Å². The SMILES string of the molecule is c1ccc(-c2cc(-c3ccc(-c4c(-c5ccccc5)nn5c(-c6ccccc6)cc6ccccc6c45)cc3)nc(-c3ccc(-c4cccc5c4oc4ccccc45)cc3)n2)cc1. The molecule has 0 saturated heterocycles. The maximum absolute atomic E-state index is 6.38. The first kappa shape index (κ1) is 35.5. The minimum Gasteiger partial charge on any atom is -0.455 e. The molecule has 0 aliphatic heterocycles. The Morgan fingerprint density at radius 2 is 0.935 bits per heavy atom. The molecule has 0 aliphatic carbocycles. The third-order valence-electron chi connectivity index (χ3n) is 11.9. The van der Waals surface area contributed by atoms with Crippen molar-refractivity contribution < 1.29 is 4.42 Å². The zero-order valence-electron chi connectivity index (χ0n) is 33.5. The largest absolute Gasteiger partial charge is 0.455 e. The zero-order chi connectivity index (χ0) is 41.0. The lowest BCUT2D eigenvalue weighted by atomic mass is 9.95. The second-order valence-corrected chi connectivity index (χ2v) is 15.6. The van der Waals surface area contributed by atoms with Gasteiger partial charge in [-0.3, -0.25) is 0 Å². The van der Waals surface area contributed by atoms with E-state index in [0.717, 1.165) is 111 Å². The van der Waals surface area contributed by atoms with Gasteiger partial charge in [-0.05, 0) is 34.7 Å². The molecule has 0 N–H and O–H groups in total. The fourth-order valence-corrected chi connectivity index (χ4v) is 8.84. The van der Waals surface area contributed by atoms with Crippen molar-refractivity contribution in [1.82, 2.24) is 19.6 Å². The summed E-state index contributed by atoms with van der Waals surface area (Å²) in [6.45, 7) is 0. The van der Waals surface area contributed by atoms with Gasteiger partial charge in [0.2, 0.25) is 0 Å². The maximum atomic E-state index is 6.38. The van der Waals surface area contributed by atoms with E-state index < -0.39 is 0 Å². The standard InChI is InChI=1S/C57H36N4O/c1-4-15-38(16-5-1)49-36-50(59-57(58-49)43-33-27-37(28-34-43)46-24-14-25-48-47-23-12-13-26-52(47)62-56(46)48)39-29-31-41(32-30-39)53-54(42-19-8-3-9-20-42)60-61-51(40-17-6-2-7-18-40)35-44-21-10-11-22-45(44)55(53)61/h1-36H. The average Bonchev–Trinajstić information content (AvgIpc) is 3.95. The highest BCUT2D eigenvalue weighted by molar-refractivity contribution is 6.10. The summed E-state index contributed by atoms with van der Waals surface area (Å²) in [6, 6.07) is 76.1. The molecule has 0 spiro atoms. The molecule has 0 aliphatic rings. The van der Waals surface area contributed by atoms with Crippen LogP contribution in [0.1, 0.15) is 0 Å². The van der Waals surface area contributed by atoms with Gasteiger partial charge in [0.1, 0.15) is 16.9 Å². The van der Waals surface area contributed by atoms with Crippen LogP contribution in [-0.2, 0) is 0 Å². The fourth-order valence-electron chi connectivity index (χ4n) is 8.84. The summed E-state index contributed by atoms with van der Waals surface area (Å²) in [5, 5.41) is 9.94. The molecular formula is C57H36N4O. The van der Waals surface area contributed by atoms with Gasteiger partial charge in [0.25, 0.3) is 0 Å². The Morgan fingerprint density at radius 3 is 1.66 bits per heavy atom. The number of hydrogen-bond acceptors (Lipinski definition) is 4. The number of hydrogen-bond donors (Lipinski definition) is 0. The fraction of sp³-hybridized carbons (Fsp3) is 0. The van der Waals surface area contributed by atoms with Gasteiger partial charge in [0.05, 0.1) is 22.6 Å². The van der Waals surface area contributed by atoms with Crippen molar-refractivity contribution in [3.63, 3.8) is 0 Å². The Bertz CT molecular complexity index is 3590. The highest BCUT2D eigenvalue weighted by Gasteiger charge is 2.22. The van der Waals surface area contributed by atoms with Gasteiger partial charge in [-0.2, -0.15) is 5.10 Å². The number of furan rings is 1. The average molecular weight is 793 g/mol. The third-order valence-corrected chi connectivity index (χ3v) is 11.9. The Hall–Kier alpha value is -8.41. The van der Waals surface area contributed by atoms with Crippen LogP contribution in [0.25, 0.3) is 117 Å². The monoisotopic (exact) mass is 792 g/mol. The molecule has 5 heteroatoms. The van der Waals surface area contributed by atoms with Crippen molar-refractivity contribution in [3.8, 4) is 78.7 Å². The van der Waals surface area contributed by atoms with Gasteiger partial charge < -0.3 is 4.42 Å². The molecule has 0 radical (unpaired) electrons. The van der Waals surface area contributed by atoms with Crippen LogP contribution in [0.15, 0.2) is 223 Å². The first-order valence-corrected chi connectivity index (χ1v) is 20.9.